The van der Waals surface area contributed by atoms with Crippen molar-refractivity contribution in [3.05, 3.63) is 97.5 Å². The van der Waals surface area contributed by atoms with E-state index in [0.717, 1.165) is 10.2 Å². The number of benzene rings is 1. The summed E-state index contributed by atoms with van der Waals surface area (Å²) < 4.78 is 9.55. The number of nitrogens with two attached hydrogens (primary N) is 6. The minimum atomic E-state index is -0.577. The van der Waals surface area contributed by atoms with E-state index in [0.29, 0.717) is 17.6 Å². The average Bonchev–Trinajstić information content (AvgIpc) is 3.77. The van der Waals surface area contributed by atoms with Gasteiger partial charge in [0.2, 0.25) is 0 Å². The normalized spacial score (nSPS) is 7.40. The summed E-state index contributed by atoms with van der Waals surface area (Å²) in [5.41, 5.74) is 31.3. The van der Waals surface area contributed by atoms with E-state index in [1.54, 1.807) is 52.4 Å². The third kappa shape index (κ3) is 29.5. The number of nitrogens with zero attached hydrogens (tertiary/aromatic N) is 8. The summed E-state index contributed by atoms with van der Waals surface area (Å²) in [4.78, 5) is 22.8. The molecule has 0 radical (unpaired) electrons. The maximum absolute atomic E-state index is 11.5. The third-order valence-corrected chi connectivity index (χ3v) is 4.45. The van der Waals surface area contributed by atoms with E-state index in [4.69, 9.17) is 32.9 Å². The number of rotatable bonds is 2. The predicted octanol–water partition coefficient (Wildman–Crippen LogP) is 5.81. The Balaban J connectivity index is -0.0000000751. The first-order valence-corrected chi connectivity index (χ1v) is 12.8. The highest BCUT2D eigenvalue weighted by molar-refractivity contribution is 5.73. The number of pyridine rings is 1. The van der Waals surface area contributed by atoms with Gasteiger partial charge in [-0.25, -0.2) is 19.7 Å². The van der Waals surface area contributed by atoms with Gasteiger partial charge in [-0.05, 0) is 31.8 Å². The lowest BCUT2D eigenvalue weighted by Gasteiger charge is -2.05. The van der Waals surface area contributed by atoms with Gasteiger partial charge in [-0.15, -0.1) is 4.68 Å². The molecule has 16 heteroatoms. The third-order valence-electron chi connectivity index (χ3n) is 4.45. The molecule has 4 aromatic heterocycles. The second-order valence-electron chi connectivity index (χ2n) is 7.51. The zero-order valence-corrected chi connectivity index (χ0v) is 25.7. The van der Waals surface area contributed by atoms with Gasteiger partial charge in [0.1, 0.15) is 24.1 Å². The maximum atomic E-state index is 11.5. The van der Waals surface area contributed by atoms with Crippen molar-refractivity contribution < 1.29 is 9.53 Å². The zero-order valence-electron chi connectivity index (χ0n) is 25.7. The van der Waals surface area contributed by atoms with Gasteiger partial charge in [-0.3, -0.25) is 0 Å². The molecule has 50 heavy (non-hydrogen) atoms. The van der Waals surface area contributed by atoms with Gasteiger partial charge in [0.05, 0.1) is 24.8 Å². The number of aryl methyl sites for hydroxylation is 2. The van der Waals surface area contributed by atoms with Crippen LogP contribution in [0.5, 0.6) is 0 Å². The molecular formula is C34H68N14O2. The number of anilines is 4. The molecule has 16 nitrogen and oxygen atoms in total. The van der Waals surface area contributed by atoms with Crippen molar-refractivity contribution >= 4 is 29.5 Å². The second kappa shape index (κ2) is 41.1. The Bertz CT molecular complexity index is 1340. The molecule has 0 aliphatic rings. The Morgan fingerprint density at radius 3 is 1.58 bits per heavy atom. The topological polar surface area (TPSA) is 273 Å². The van der Waals surface area contributed by atoms with Crippen LogP contribution in [-0.4, -0.2) is 54.1 Å². The zero-order chi connectivity index (χ0) is 33.8. The molecular weight excluding hydrogens is 636 g/mol. The van der Waals surface area contributed by atoms with Crippen LogP contribution in [0.3, 0.4) is 0 Å². The molecule has 0 unspecified atom stereocenters. The first-order valence-electron chi connectivity index (χ1n) is 12.8. The fourth-order valence-electron chi connectivity index (χ4n) is 2.37. The van der Waals surface area contributed by atoms with Crippen molar-refractivity contribution in [1.29, 1.82) is 5.26 Å². The van der Waals surface area contributed by atoms with Crippen LogP contribution in [0.4, 0.5) is 28.2 Å². The fourth-order valence-corrected chi connectivity index (χ4v) is 2.37. The molecule has 0 atom stereocenters. The number of carbonyl (C=O) groups excluding carboxylic acids is 1. The average molecular weight is 705 g/mol. The van der Waals surface area contributed by atoms with E-state index in [1.807, 2.05) is 56.6 Å². The minimum absolute atomic E-state index is 0. The van der Waals surface area contributed by atoms with Crippen LogP contribution >= 0.6 is 0 Å². The number of carbonyl (C=O) groups is 1. The van der Waals surface area contributed by atoms with Crippen LogP contribution in [0.2, 0.25) is 0 Å². The minimum Gasteiger partial charge on any atom is -0.443 e. The lowest BCUT2D eigenvalue weighted by Crippen LogP contribution is -2.17. The highest BCUT2D eigenvalue weighted by Crippen LogP contribution is 2.05. The quantitative estimate of drug-likeness (QED) is 0.127. The molecule has 5 aromatic rings. The number of hydrogen-bond acceptors (Lipinski definition) is 13. The molecule has 0 aliphatic carbocycles. The summed E-state index contributed by atoms with van der Waals surface area (Å²) in [5.74, 6) is 2.08. The SMILES string of the molecule is C.C.C.C.C.C.CC#N.CN.CN.Cn1ccnc1N.Cn1cncc1N.Nc1ccccn1.Nc1ccnn1C(=O)OCc1ccccc1. The summed E-state index contributed by atoms with van der Waals surface area (Å²) in [5, 5.41) is 11.1. The molecule has 0 aliphatic heterocycles. The van der Waals surface area contributed by atoms with E-state index in [-0.39, 0.29) is 57.0 Å². The van der Waals surface area contributed by atoms with Crippen molar-refractivity contribution in [1.82, 2.24) is 33.9 Å². The van der Waals surface area contributed by atoms with Crippen molar-refractivity contribution in [2.24, 2.45) is 25.6 Å². The largest absolute Gasteiger partial charge is 0.443 e. The van der Waals surface area contributed by atoms with Gasteiger partial charge in [-0.1, -0.05) is 81.0 Å². The second-order valence-corrected chi connectivity index (χ2v) is 7.51. The maximum Gasteiger partial charge on any atom is 0.436 e. The number of nitrogen functional groups attached to an aromatic ring is 4. The fraction of sp³-hybridized carbons (Fsp3) is 0.353. The van der Waals surface area contributed by atoms with Gasteiger partial charge in [0.25, 0.3) is 0 Å². The smallest absolute Gasteiger partial charge is 0.436 e. The Hall–Kier alpha value is -5.92. The number of hydrogen-bond donors (Lipinski definition) is 6. The standard InChI is InChI=1S/C11H11N3O2.C5H6N2.2C4H7N3.C2H3N.2CH5N.6CH4/c12-10-6-7-13-14(10)11(15)16-8-9-4-2-1-3-5-9;6-5-3-1-2-4-7-5;1-7-3-6-2-4(7)5;1-7-3-2-6-4(7)5;1-2-3;2*1-2;;;;;;/h1-7H,8,12H2;1-4H,(H2,6,7);2-3H,5H2,1H3;2-3H,1H3,(H2,5,6);1H3;2*2H2,1H3;6*1H4. The Morgan fingerprint density at radius 2 is 1.30 bits per heavy atom. The van der Waals surface area contributed by atoms with E-state index in [9.17, 15) is 4.79 Å². The predicted molar refractivity (Wildman–Crippen MR) is 214 cm³/mol. The van der Waals surface area contributed by atoms with Gasteiger partial charge in [-0.2, -0.15) is 10.4 Å². The van der Waals surface area contributed by atoms with Crippen molar-refractivity contribution in [2.45, 2.75) is 58.1 Å². The molecule has 12 N–H and O–H groups in total. The van der Waals surface area contributed by atoms with Gasteiger partial charge >= 0.3 is 6.09 Å². The summed E-state index contributed by atoms with van der Waals surface area (Å²) in [6.07, 6.45) is 9.26. The van der Waals surface area contributed by atoms with E-state index in [2.05, 4.69) is 31.5 Å². The Morgan fingerprint density at radius 1 is 0.760 bits per heavy atom. The van der Waals surface area contributed by atoms with Crippen LogP contribution < -0.4 is 34.4 Å². The van der Waals surface area contributed by atoms with Gasteiger partial charge in [0, 0.05) is 45.7 Å². The highest BCUT2D eigenvalue weighted by Gasteiger charge is 2.09. The summed E-state index contributed by atoms with van der Waals surface area (Å²) in [6.45, 7) is 1.64. The van der Waals surface area contributed by atoms with Gasteiger partial charge in [0.15, 0.2) is 5.95 Å². The summed E-state index contributed by atoms with van der Waals surface area (Å²) >= 11 is 0. The Kier molecular flexibility index (Phi) is 51.7. The van der Waals surface area contributed by atoms with Crippen molar-refractivity contribution in [3.63, 3.8) is 0 Å². The summed E-state index contributed by atoms with van der Waals surface area (Å²) in [6, 6.07) is 18.1. The van der Waals surface area contributed by atoms with E-state index in [1.165, 1.54) is 33.3 Å². The first-order chi connectivity index (χ1) is 21.2. The highest BCUT2D eigenvalue weighted by atomic mass is 16.6. The van der Waals surface area contributed by atoms with Crippen LogP contribution in [0.1, 0.15) is 57.0 Å². The Labute approximate surface area is 302 Å². The summed E-state index contributed by atoms with van der Waals surface area (Å²) in [7, 11) is 6.70. The molecule has 0 amide bonds. The molecule has 0 saturated carbocycles. The number of imidazole rings is 2. The van der Waals surface area contributed by atoms with Gasteiger partial charge < -0.3 is 48.3 Å². The van der Waals surface area contributed by atoms with Crippen LogP contribution in [0.25, 0.3) is 0 Å². The van der Waals surface area contributed by atoms with E-state index >= 15 is 0 Å². The van der Waals surface area contributed by atoms with Crippen LogP contribution in [0, 0.1) is 11.3 Å². The molecule has 1 aromatic carbocycles. The molecule has 0 saturated heterocycles. The molecule has 4 heterocycles. The molecule has 0 bridgehead atoms. The number of aromatic nitrogens is 7. The molecule has 5 rings (SSSR count). The number of ether oxygens (including phenoxy) is 1. The van der Waals surface area contributed by atoms with E-state index < -0.39 is 6.09 Å². The molecule has 0 spiro atoms. The molecule has 0 fully saturated rings. The van der Waals surface area contributed by atoms with Crippen molar-refractivity contribution in [3.8, 4) is 6.07 Å². The van der Waals surface area contributed by atoms with Crippen LogP contribution in [-0.2, 0) is 25.4 Å². The lowest BCUT2D eigenvalue weighted by atomic mass is 10.2. The first kappa shape index (κ1) is 62.8. The monoisotopic (exact) mass is 705 g/mol. The molecule has 286 valence electrons. The number of nitriles is 1. The lowest BCUT2D eigenvalue weighted by molar-refractivity contribution is 0.138. The van der Waals surface area contributed by atoms with Crippen LogP contribution in [0.15, 0.2) is 91.9 Å². The van der Waals surface area contributed by atoms with Crippen molar-refractivity contribution in [2.75, 3.05) is 37.0 Å².